The second kappa shape index (κ2) is 6.76. The molecule has 118 valence electrons. The Morgan fingerprint density at radius 2 is 2.10 bits per heavy atom. The minimum Gasteiger partial charge on any atom is -0.393 e. The highest BCUT2D eigenvalue weighted by Crippen LogP contribution is 2.35. The summed E-state index contributed by atoms with van der Waals surface area (Å²) in [6.45, 7) is 6.55. The van der Waals surface area contributed by atoms with Crippen molar-refractivity contribution >= 4 is 11.3 Å². The van der Waals surface area contributed by atoms with Gasteiger partial charge in [0.1, 0.15) is 0 Å². The van der Waals surface area contributed by atoms with E-state index in [4.69, 9.17) is 4.98 Å². The lowest BCUT2D eigenvalue weighted by atomic mass is 9.80. The van der Waals surface area contributed by atoms with Gasteiger partial charge < -0.3 is 5.11 Å². The Labute approximate surface area is 132 Å². The van der Waals surface area contributed by atoms with Gasteiger partial charge in [-0.1, -0.05) is 26.7 Å². The van der Waals surface area contributed by atoms with E-state index in [1.165, 1.54) is 49.4 Å². The van der Waals surface area contributed by atoms with Crippen LogP contribution in [0.4, 0.5) is 0 Å². The first-order valence-electron chi connectivity index (χ1n) is 8.51. The molecular weight excluding hydrogens is 280 g/mol. The van der Waals surface area contributed by atoms with Crippen molar-refractivity contribution in [3.8, 4) is 0 Å². The Morgan fingerprint density at radius 1 is 1.29 bits per heavy atom. The van der Waals surface area contributed by atoms with Crippen LogP contribution in [0.5, 0.6) is 0 Å². The highest BCUT2D eigenvalue weighted by atomic mass is 32.1. The zero-order valence-corrected chi connectivity index (χ0v) is 14.1. The first-order chi connectivity index (χ1) is 10.1. The first kappa shape index (κ1) is 15.4. The number of aromatic nitrogens is 1. The average molecular weight is 308 g/mol. The topological polar surface area (TPSA) is 36.4 Å². The standard InChI is InChI=1S/C17H28N2OS/c1-12(2)17-18-13(11-21-17)10-19-9-5-7-15(19)14-6-3-4-8-16(14)20/h11-12,14-16,20H,3-10H2,1-2H3. The van der Waals surface area contributed by atoms with Crippen molar-refractivity contribution in [1.82, 2.24) is 9.88 Å². The van der Waals surface area contributed by atoms with Crippen LogP contribution >= 0.6 is 11.3 Å². The Morgan fingerprint density at radius 3 is 2.81 bits per heavy atom. The van der Waals surface area contributed by atoms with Crippen LogP contribution in [-0.2, 0) is 6.54 Å². The molecule has 3 nitrogen and oxygen atoms in total. The van der Waals surface area contributed by atoms with E-state index in [-0.39, 0.29) is 6.10 Å². The summed E-state index contributed by atoms with van der Waals surface area (Å²) in [5.74, 6) is 1.02. The zero-order valence-electron chi connectivity index (χ0n) is 13.3. The van der Waals surface area contributed by atoms with E-state index in [1.807, 2.05) is 0 Å². The summed E-state index contributed by atoms with van der Waals surface area (Å²) in [6, 6.07) is 0.574. The maximum absolute atomic E-state index is 10.3. The number of hydrogen-bond donors (Lipinski definition) is 1. The van der Waals surface area contributed by atoms with E-state index in [2.05, 4.69) is 24.1 Å². The van der Waals surface area contributed by atoms with E-state index in [0.717, 1.165) is 13.0 Å². The second-order valence-corrected chi connectivity index (χ2v) is 7.92. The van der Waals surface area contributed by atoms with Gasteiger partial charge in [0.05, 0.1) is 16.8 Å². The van der Waals surface area contributed by atoms with Gasteiger partial charge in [0.2, 0.25) is 0 Å². The van der Waals surface area contributed by atoms with E-state index in [1.54, 1.807) is 11.3 Å². The number of thiazole rings is 1. The summed E-state index contributed by atoms with van der Waals surface area (Å²) in [5, 5.41) is 13.8. The molecule has 2 fully saturated rings. The minimum absolute atomic E-state index is 0.0778. The fourth-order valence-electron chi connectivity index (χ4n) is 3.99. The number of nitrogens with zero attached hydrogens (tertiary/aromatic N) is 2. The fraction of sp³-hybridized carbons (Fsp3) is 0.824. The third kappa shape index (κ3) is 3.49. The summed E-state index contributed by atoms with van der Waals surface area (Å²) >= 11 is 1.79. The summed E-state index contributed by atoms with van der Waals surface area (Å²) in [4.78, 5) is 7.37. The van der Waals surface area contributed by atoms with Crippen LogP contribution in [0.25, 0.3) is 0 Å². The number of hydrogen-bond acceptors (Lipinski definition) is 4. The predicted molar refractivity (Wildman–Crippen MR) is 87.6 cm³/mol. The molecule has 1 saturated heterocycles. The molecule has 1 aliphatic carbocycles. The van der Waals surface area contributed by atoms with Gasteiger partial charge in [-0.05, 0) is 32.2 Å². The van der Waals surface area contributed by atoms with Gasteiger partial charge in [-0.2, -0.15) is 0 Å². The summed E-state index contributed by atoms with van der Waals surface area (Å²) in [6.07, 6.45) is 7.15. The molecule has 1 saturated carbocycles. The second-order valence-electron chi connectivity index (χ2n) is 7.03. The lowest BCUT2D eigenvalue weighted by Crippen LogP contribution is -2.42. The van der Waals surface area contributed by atoms with Crippen LogP contribution in [0.1, 0.15) is 69.0 Å². The fourth-order valence-corrected chi connectivity index (χ4v) is 4.82. The van der Waals surface area contributed by atoms with Crippen molar-refractivity contribution in [3.63, 3.8) is 0 Å². The molecule has 0 spiro atoms. The van der Waals surface area contributed by atoms with Crippen LogP contribution in [0.3, 0.4) is 0 Å². The first-order valence-corrected chi connectivity index (χ1v) is 9.39. The van der Waals surface area contributed by atoms with Crippen molar-refractivity contribution in [1.29, 1.82) is 0 Å². The molecule has 0 amide bonds. The third-order valence-corrected chi connectivity index (χ3v) is 6.31. The normalized spacial score (nSPS) is 31.1. The molecule has 0 bridgehead atoms. The number of rotatable bonds is 4. The molecule has 1 aliphatic heterocycles. The Kier molecular flexibility index (Phi) is 4.97. The van der Waals surface area contributed by atoms with Gasteiger partial charge in [-0.15, -0.1) is 11.3 Å². The summed E-state index contributed by atoms with van der Waals surface area (Å²) < 4.78 is 0. The average Bonchev–Trinajstić information content (AvgIpc) is 3.09. The van der Waals surface area contributed by atoms with E-state index in [9.17, 15) is 5.11 Å². The van der Waals surface area contributed by atoms with Crippen LogP contribution in [0.15, 0.2) is 5.38 Å². The van der Waals surface area contributed by atoms with Crippen LogP contribution in [0, 0.1) is 5.92 Å². The summed E-state index contributed by atoms with van der Waals surface area (Å²) in [7, 11) is 0. The molecule has 0 aromatic carbocycles. The van der Waals surface area contributed by atoms with Crippen LogP contribution in [-0.4, -0.2) is 33.7 Å². The summed E-state index contributed by atoms with van der Waals surface area (Å²) in [5.41, 5.74) is 1.22. The minimum atomic E-state index is -0.0778. The van der Waals surface area contributed by atoms with Crippen LogP contribution < -0.4 is 0 Å². The smallest absolute Gasteiger partial charge is 0.0954 e. The number of aliphatic hydroxyl groups is 1. The molecule has 1 aromatic heterocycles. The van der Waals surface area contributed by atoms with Gasteiger partial charge in [0.15, 0.2) is 0 Å². The van der Waals surface area contributed by atoms with E-state index < -0.39 is 0 Å². The molecule has 3 rings (SSSR count). The van der Waals surface area contributed by atoms with Crippen molar-refractivity contribution in [3.05, 3.63) is 16.1 Å². The highest BCUT2D eigenvalue weighted by Gasteiger charge is 2.36. The van der Waals surface area contributed by atoms with E-state index >= 15 is 0 Å². The quantitative estimate of drug-likeness (QED) is 0.919. The van der Waals surface area contributed by atoms with Gasteiger partial charge in [-0.25, -0.2) is 4.98 Å². The molecule has 0 radical (unpaired) electrons. The maximum atomic E-state index is 10.3. The lowest BCUT2D eigenvalue weighted by molar-refractivity contribution is 0.0199. The highest BCUT2D eigenvalue weighted by molar-refractivity contribution is 7.09. The third-order valence-electron chi connectivity index (χ3n) is 5.12. The van der Waals surface area contributed by atoms with Crippen molar-refractivity contribution in [2.75, 3.05) is 6.54 Å². The molecular formula is C17H28N2OS. The Hall–Kier alpha value is -0.450. The predicted octanol–water partition coefficient (Wildman–Crippen LogP) is 3.78. The molecule has 3 atom stereocenters. The van der Waals surface area contributed by atoms with E-state index in [0.29, 0.717) is 17.9 Å². The van der Waals surface area contributed by atoms with Gasteiger partial charge in [0.25, 0.3) is 0 Å². The lowest BCUT2D eigenvalue weighted by Gasteiger charge is -2.37. The van der Waals surface area contributed by atoms with Crippen LogP contribution in [0.2, 0.25) is 0 Å². The van der Waals surface area contributed by atoms with Crippen molar-refractivity contribution in [2.45, 2.75) is 77.0 Å². The Bertz CT molecular complexity index is 459. The van der Waals surface area contributed by atoms with Gasteiger partial charge >= 0.3 is 0 Å². The largest absolute Gasteiger partial charge is 0.393 e. The zero-order chi connectivity index (χ0) is 14.8. The molecule has 21 heavy (non-hydrogen) atoms. The SMILES string of the molecule is CC(C)c1nc(CN2CCCC2C2CCCCC2O)cs1. The van der Waals surface area contributed by atoms with Crippen molar-refractivity contribution < 1.29 is 5.11 Å². The Balaban J connectivity index is 1.65. The van der Waals surface area contributed by atoms with Gasteiger partial charge in [0, 0.05) is 29.8 Å². The van der Waals surface area contributed by atoms with Gasteiger partial charge in [-0.3, -0.25) is 4.90 Å². The monoisotopic (exact) mass is 308 g/mol. The van der Waals surface area contributed by atoms with Crippen molar-refractivity contribution in [2.24, 2.45) is 5.92 Å². The molecule has 2 heterocycles. The number of aliphatic hydroxyl groups excluding tert-OH is 1. The molecule has 4 heteroatoms. The maximum Gasteiger partial charge on any atom is 0.0954 e. The number of likely N-dealkylation sites (tertiary alicyclic amines) is 1. The molecule has 3 unspecified atom stereocenters. The molecule has 1 aromatic rings. The molecule has 1 N–H and O–H groups in total. The molecule has 2 aliphatic rings.